The molecule has 4 nitrogen and oxygen atoms in total. The van der Waals surface area contributed by atoms with Gasteiger partial charge in [0.05, 0.1) is 6.26 Å². The van der Waals surface area contributed by atoms with E-state index in [0.29, 0.717) is 11.7 Å². The SMILES string of the molecule is Cc1ccc(/C=N/c2ccco2)c(N)n1. The summed E-state index contributed by atoms with van der Waals surface area (Å²) in [6, 6.07) is 7.32. The fourth-order valence-electron chi connectivity index (χ4n) is 1.17. The first-order chi connectivity index (χ1) is 7.25. The molecular weight excluding hydrogens is 190 g/mol. The lowest BCUT2D eigenvalue weighted by atomic mass is 10.2. The number of anilines is 1. The number of furan rings is 1. The first-order valence-electron chi connectivity index (χ1n) is 4.56. The number of nitrogen functional groups attached to an aromatic ring is 1. The molecule has 0 aliphatic rings. The third-order valence-corrected chi connectivity index (χ3v) is 1.93. The molecule has 0 saturated heterocycles. The molecule has 2 heterocycles. The first kappa shape index (κ1) is 9.45. The Bertz CT molecular complexity index is 475. The third kappa shape index (κ3) is 2.22. The number of rotatable bonds is 2. The summed E-state index contributed by atoms with van der Waals surface area (Å²) >= 11 is 0. The van der Waals surface area contributed by atoms with Crippen molar-refractivity contribution in [3.05, 3.63) is 41.8 Å². The number of nitrogens with two attached hydrogens (primary N) is 1. The van der Waals surface area contributed by atoms with Gasteiger partial charge in [-0.2, -0.15) is 0 Å². The van der Waals surface area contributed by atoms with Crippen molar-refractivity contribution in [2.24, 2.45) is 4.99 Å². The first-order valence-corrected chi connectivity index (χ1v) is 4.56. The largest absolute Gasteiger partial charge is 0.447 e. The molecule has 0 atom stereocenters. The molecule has 0 bridgehead atoms. The highest BCUT2D eigenvalue weighted by Gasteiger charge is 1.97. The molecule has 2 N–H and O–H groups in total. The van der Waals surface area contributed by atoms with E-state index in [1.807, 2.05) is 19.1 Å². The predicted molar refractivity (Wildman–Crippen MR) is 59.3 cm³/mol. The fraction of sp³-hybridized carbons (Fsp3) is 0.0909. The molecule has 0 fully saturated rings. The van der Waals surface area contributed by atoms with Crippen LogP contribution in [0.4, 0.5) is 11.7 Å². The van der Waals surface area contributed by atoms with Crippen LogP contribution in [-0.2, 0) is 0 Å². The van der Waals surface area contributed by atoms with E-state index < -0.39 is 0 Å². The minimum absolute atomic E-state index is 0.477. The second kappa shape index (κ2) is 3.96. The Morgan fingerprint density at radius 1 is 1.40 bits per heavy atom. The lowest BCUT2D eigenvalue weighted by Gasteiger charge is -1.98. The van der Waals surface area contributed by atoms with Crippen molar-refractivity contribution in [2.75, 3.05) is 5.73 Å². The molecular formula is C11H11N3O. The predicted octanol–water partition coefficient (Wildman–Crippen LogP) is 2.32. The summed E-state index contributed by atoms with van der Waals surface area (Å²) in [4.78, 5) is 8.24. The lowest BCUT2D eigenvalue weighted by Crippen LogP contribution is -1.97. The Balaban J connectivity index is 2.24. The van der Waals surface area contributed by atoms with Crippen LogP contribution in [0, 0.1) is 6.92 Å². The molecule has 0 aliphatic carbocycles. The highest BCUT2D eigenvalue weighted by atomic mass is 16.3. The van der Waals surface area contributed by atoms with Crippen molar-refractivity contribution in [3.8, 4) is 0 Å². The lowest BCUT2D eigenvalue weighted by molar-refractivity contribution is 0.578. The summed E-state index contributed by atoms with van der Waals surface area (Å²) in [5.41, 5.74) is 7.41. The second-order valence-corrected chi connectivity index (χ2v) is 3.14. The average molecular weight is 201 g/mol. The summed E-state index contributed by atoms with van der Waals surface area (Å²) < 4.78 is 5.06. The van der Waals surface area contributed by atoms with E-state index in [-0.39, 0.29) is 0 Å². The number of pyridine rings is 1. The number of aromatic nitrogens is 1. The van der Waals surface area contributed by atoms with E-state index >= 15 is 0 Å². The average Bonchev–Trinajstić information content (AvgIpc) is 2.69. The van der Waals surface area contributed by atoms with Crippen LogP contribution < -0.4 is 5.73 Å². The number of aryl methyl sites for hydroxylation is 1. The van der Waals surface area contributed by atoms with Gasteiger partial charge in [-0.15, -0.1) is 0 Å². The summed E-state index contributed by atoms with van der Waals surface area (Å²) in [6.45, 7) is 1.89. The standard InChI is InChI=1S/C11H11N3O/c1-8-4-5-9(11(12)14-8)7-13-10-3-2-6-15-10/h2-7H,1H3,(H2,12,14)/b13-7+. The van der Waals surface area contributed by atoms with E-state index in [9.17, 15) is 0 Å². The van der Waals surface area contributed by atoms with Crippen molar-refractivity contribution in [1.82, 2.24) is 4.98 Å². The maximum atomic E-state index is 5.73. The molecule has 0 saturated carbocycles. The molecule has 0 aliphatic heterocycles. The van der Waals surface area contributed by atoms with E-state index in [1.165, 1.54) is 0 Å². The maximum Gasteiger partial charge on any atom is 0.218 e. The normalized spacial score (nSPS) is 11.0. The molecule has 2 aromatic rings. The monoisotopic (exact) mass is 201 g/mol. The third-order valence-electron chi connectivity index (χ3n) is 1.93. The maximum absolute atomic E-state index is 5.73. The zero-order valence-corrected chi connectivity index (χ0v) is 8.34. The van der Waals surface area contributed by atoms with Gasteiger partial charge in [-0.1, -0.05) is 0 Å². The van der Waals surface area contributed by atoms with Gasteiger partial charge < -0.3 is 10.2 Å². The molecule has 76 valence electrons. The molecule has 4 heteroatoms. The Morgan fingerprint density at radius 3 is 2.93 bits per heavy atom. The number of aliphatic imine (C=N–C) groups is 1. The molecule has 15 heavy (non-hydrogen) atoms. The van der Waals surface area contributed by atoms with Gasteiger partial charge >= 0.3 is 0 Å². The molecule has 2 aromatic heterocycles. The van der Waals surface area contributed by atoms with Gasteiger partial charge in [0.2, 0.25) is 5.88 Å². The molecule has 0 spiro atoms. The summed E-state index contributed by atoms with van der Waals surface area (Å²) in [7, 11) is 0. The van der Waals surface area contributed by atoms with E-state index in [0.717, 1.165) is 11.3 Å². The van der Waals surface area contributed by atoms with Gasteiger partial charge in [0.15, 0.2) is 0 Å². The van der Waals surface area contributed by atoms with Crippen LogP contribution in [0.5, 0.6) is 0 Å². The van der Waals surface area contributed by atoms with Crippen LogP contribution in [-0.4, -0.2) is 11.2 Å². The number of hydrogen-bond donors (Lipinski definition) is 1. The van der Waals surface area contributed by atoms with E-state index in [4.69, 9.17) is 10.2 Å². The van der Waals surface area contributed by atoms with Gasteiger partial charge in [0, 0.05) is 23.5 Å². The Hall–Kier alpha value is -2.10. The van der Waals surface area contributed by atoms with Gasteiger partial charge in [-0.05, 0) is 25.1 Å². The Morgan fingerprint density at radius 2 is 2.27 bits per heavy atom. The van der Waals surface area contributed by atoms with Crippen molar-refractivity contribution >= 4 is 17.9 Å². The highest BCUT2D eigenvalue weighted by molar-refractivity contribution is 5.86. The van der Waals surface area contributed by atoms with Crippen LogP contribution in [0.3, 0.4) is 0 Å². The molecule has 0 unspecified atom stereocenters. The minimum Gasteiger partial charge on any atom is -0.447 e. The van der Waals surface area contributed by atoms with Crippen LogP contribution in [0.15, 0.2) is 39.9 Å². The van der Waals surface area contributed by atoms with Crippen molar-refractivity contribution in [1.29, 1.82) is 0 Å². The van der Waals surface area contributed by atoms with Crippen molar-refractivity contribution < 1.29 is 4.42 Å². The van der Waals surface area contributed by atoms with Crippen LogP contribution >= 0.6 is 0 Å². The summed E-state index contributed by atoms with van der Waals surface area (Å²) in [5, 5.41) is 0. The summed E-state index contributed by atoms with van der Waals surface area (Å²) in [5.74, 6) is 1.03. The van der Waals surface area contributed by atoms with Gasteiger partial charge in [0.1, 0.15) is 5.82 Å². The quantitative estimate of drug-likeness (QED) is 0.758. The molecule has 0 amide bonds. The molecule has 2 rings (SSSR count). The van der Waals surface area contributed by atoms with Crippen LogP contribution in [0.1, 0.15) is 11.3 Å². The van der Waals surface area contributed by atoms with E-state index in [2.05, 4.69) is 9.98 Å². The molecule has 0 aromatic carbocycles. The van der Waals surface area contributed by atoms with Gasteiger partial charge in [-0.25, -0.2) is 9.98 Å². The zero-order chi connectivity index (χ0) is 10.7. The smallest absolute Gasteiger partial charge is 0.218 e. The minimum atomic E-state index is 0.477. The molecule has 0 radical (unpaired) electrons. The summed E-state index contributed by atoms with van der Waals surface area (Å²) in [6.07, 6.45) is 3.21. The van der Waals surface area contributed by atoms with Crippen molar-refractivity contribution in [3.63, 3.8) is 0 Å². The Kier molecular flexibility index (Phi) is 2.49. The topological polar surface area (TPSA) is 64.4 Å². The van der Waals surface area contributed by atoms with Gasteiger partial charge in [0.25, 0.3) is 0 Å². The fourth-order valence-corrected chi connectivity index (χ4v) is 1.17. The Labute approximate surface area is 87.5 Å². The van der Waals surface area contributed by atoms with E-state index in [1.54, 1.807) is 24.6 Å². The number of hydrogen-bond acceptors (Lipinski definition) is 4. The number of nitrogens with zero attached hydrogens (tertiary/aromatic N) is 2. The highest BCUT2D eigenvalue weighted by Crippen LogP contribution is 2.13. The van der Waals surface area contributed by atoms with Gasteiger partial charge in [-0.3, -0.25) is 0 Å². The van der Waals surface area contributed by atoms with Crippen molar-refractivity contribution in [2.45, 2.75) is 6.92 Å². The van der Waals surface area contributed by atoms with Crippen LogP contribution in [0.25, 0.3) is 0 Å². The zero-order valence-electron chi connectivity index (χ0n) is 8.34. The second-order valence-electron chi connectivity index (χ2n) is 3.14. The van der Waals surface area contributed by atoms with Crippen LogP contribution in [0.2, 0.25) is 0 Å².